The van der Waals surface area contributed by atoms with E-state index in [2.05, 4.69) is 38.1 Å². The first-order valence-corrected chi connectivity index (χ1v) is 7.70. The van der Waals surface area contributed by atoms with E-state index in [4.69, 9.17) is 0 Å². The van der Waals surface area contributed by atoms with Gasteiger partial charge in [0.05, 0.1) is 12.2 Å². The van der Waals surface area contributed by atoms with E-state index in [1.807, 2.05) is 18.2 Å². The Morgan fingerprint density at radius 3 is 2.76 bits per heavy atom. The van der Waals surface area contributed by atoms with Crippen LogP contribution in [0, 0.1) is 0 Å². The molecule has 0 bridgehead atoms. The lowest BCUT2D eigenvalue weighted by Crippen LogP contribution is -2.37. The molecule has 3 rings (SSSR count). The van der Waals surface area contributed by atoms with E-state index in [0.717, 1.165) is 22.2 Å². The second-order valence-electron chi connectivity index (χ2n) is 4.84. The molecule has 1 fully saturated rings. The topological polar surface area (TPSA) is 49.3 Å². The number of hydrogen-bond donors (Lipinski definition) is 2. The number of halogens is 1. The van der Waals surface area contributed by atoms with Crippen molar-refractivity contribution < 1.29 is 0 Å². The average molecular weight is 414 g/mol. The van der Waals surface area contributed by atoms with Crippen LogP contribution in [0.3, 0.4) is 0 Å². The summed E-state index contributed by atoms with van der Waals surface area (Å²) in [6.45, 7) is 0.712. The first-order valence-electron chi connectivity index (χ1n) is 6.82. The average Bonchev–Trinajstić information content (AvgIpc) is 3.19. The summed E-state index contributed by atoms with van der Waals surface area (Å²) in [4.78, 5) is 8.87. The fraction of sp³-hybridized carbons (Fsp3) is 0.333. The summed E-state index contributed by atoms with van der Waals surface area (Å²) < 4.78 is 0. The molecule has 2 aromatic rings. The first-order chi connectivity index (χ1) is 9.85. The molecule has 1 saturated carbocycles. The molecule has 0 radical (unpaired) electrons. The highest BCUT2D eigenvalue weighted by Gasteiger charge is 2.22. The molecule has 4 nitrogen and oxygen atoms in total. The number of benzene rings is 1. The Balaban J connectivity index is 0.00000161. The van der Waals surface area contributed by atoms with E-state index in [1.165, 1.54) is 12.8 Å². The van der Waals surface area contributed by atoms with Crippen LogP contribution in [0.4, 0.5) is 0 Å². The van der Waals surface area contributed by atoms with E-state index in [1.54, 1.807) is 18.4 Å². The number of nitrogens with zero attached hydrogens (tertiary/aromatic N) is 2. The van der Waals surface area contributed by atoms with Crippen molar-refractivity contribution in [3.63, 3.8) is 0 Å². The van der Waals surface area contributed by atoms with Crippen molar-refractivity contribution in [2.24, 2.45) is 4.99 Å². The highest BCUT2D eigenvalue weighted by atomic mass is 127. The summed E-state index contributed by atoms with van der Waals surface area (Å²) in [5.41, 5.74) is 2.20. The molecule has 0 spiro atoms. The lowest BCUT2D eigenvalue weighted by atomic mass is 10.2. The molecule has 0 amide bonds. The molecule has 0 aliphatic heterocycles. The quantitative estimate of drug-likeness (QED) is 0.459. The molecule has 1 aromatic carbocycles. The number of aromatic nitrogens is 1. The van der Waals surface area contributed by atoms with Crippen molar-refractivity contribution >= 4 is 41.3 Å². The third-order valence-corrected chi connectivity index (χ3v) is 4.02. The second-order valence-corrected chi connectivity index (χ2v) is 5.78. The molecule has 2 N–H and O–H groups in total. The predicted molar refractivity (Wildman–Crippen MR) is 99.3 cm³/mol. The second kappa shape index (κ2) is 7.74. The molecule has 112 valence electrons. The van der Waals surface area contributed by atoms with Crippen molar-refractivity contribution in [2.45, 2.75) is 25.4 Å². The third-order valence-electron chi connectivity index (χ3n) is 3.17. The van der Waals surface area contributed by atoms with Crippen LogP contribution in [0.2, 0.25) is 0 Å². The summed E-state index contributed by atoms with van der Waals surface area (Å²) in [5.74, 6) is 0.865. The molecule has 1 aliphatic rings. The molecule has 0 saturated heterocycles. The van der Waals surface area contributed by atoms with Gasteiger partial charge in [-0.2, -0.15) is 0 Å². The Kier molecular flexibility index (Phi) is 5.98. The maximum atomic E-state index is 4.65. The van der Waals surface area contributed by atoms with Crippen LogP contribution in [-0.4, -0.2) is 24.0 Å². The minimum Gasteiger partial charge on any atom is -0.354 e. The van der Waals surface area contributed by atoms with Gasteiger partial charge >= 0.3 is 0 Å². The Hall–Kier alpha value is -1.15. The Labute approximate surface area is 146 Å². The van der Waals surface area contributed by atoms with Gasteiger partial charge in [0.2, 0.25) is 0 Å². The number of nitrogens with one attached hydrogen (secondary N) is 2. The lowest BCUT2D eigenvalue weighted by Gasteiger charge is -2.09. The Morgan fingerprint density at radius 1 is 1.33 bits per heavy atom. The fourth-order valence-electron chi connectivity index (χ4n) is 1.91. The third kappa shape index (κ3) is 4.67. The molecular weight excluding hydrogens is 395 g/mol. The Bertz CT molecular complexity index is 593. The van der Waals surface area contributed by atoms with Gasteiger partial charge < -0.3 is 10.6 Å². The fourth-order valence-corrected chi connectivity index (χ4v) is 2.65. The summed E-state index contributed by atoms with van der Waals surface area (Å²) in [7, 11) is 1.80. The number of hydrogen-bond acceptors (Lipinski definition) is 3. The highest BCUT2D eigenvalue weighted by Crippen LogP contribution is 2.21. The summed E-state index contributed by atoms with van der Waals surface area (Å²) in [5, 5.41) is 9.85. The molecule has 21 heavy (non-hydrogen) atoms. The van der Waals surface area contributed by atoms with Crippen molar-refractivity contribution in [3.05, 3.63) is 40.7 Å². The minimum absolute atomic E-state index is 0. The molecule has 1 aliphatic carbocycles. The van der Waals surface area contributed by atoms with Gasteiger partial charge in [-0.1, -0.05) is 30.3 Å². The molecular formula is C15H19IN4S. The molecule has 1 heterocycles. The van der Waals surface area contributed by atoms with Crippen LogP contribution < -0.4 is 10.6 Å². The first kappa shape index (κ1) is 16.2. The van der Waals surface area contributed by atoms with Crippen LogP contribution in [0.25, 0.3) is 11.3 Å². The van der Waals surface area contributed by atoms with Crippen LogP contribution >= 0.6 is 35.3 Å². The van der Waals surface area contributed by atoms with E-state index < -0.39 is 0 Å². The van der Waals surface area contributed by atoms with Crippen LogP contribution in [0.5, 0.6) is 0 Å². The lowest BCUT2D eigenvalue weighted by molar-refractivity contribution is 0.802. The zero-order valence-corrected chi connectivity index (χ0v) is 15.0. The SMILES string of the molecule is CN=C(NCc1nc(-c2ccccc2)cs1)NC1CC1.I. The minimum atomic E-state index is 0. The number of guanidine groups is 1. The van der Waals surface area contributed by atoms with Gasteiger partial charge in [-0.3, -0.25) is 4.99 Å². The van der Waals surface area contributed by atoms with Gasteiger partial charge in [0, 0.05) is 24.0 Å². The van der Waals surface area contributed by atoms with Gasteiger partial charge in [0.15, 0.2) is 5.96 Å². The maximum Gasteiger partial charge on any atom is 0.191 e. The van der Waals surface area contributed by atoms with Gasteiger partial charge in [-0.15, -0.1) is 35.3 Å². The van der Waals surface area contributed by atoms with Gasteiger partial charge in [0.25, 0.3) is 0 Å². The van der Waals surface area contributed by atoms with Gasteiger partial charge in [-0.25, -0.2) is 4.98 Å². The van der Waals surface area contributed by atoms with Crippen molar-refractivity contribution in [1.82, 2.24) is 15.6 Å². The van der Waals surface area contributed by atoms with Crippen molar-refractivity contribution in [1.29, 1.82) is 0 Å². The molecule has 0 atom stereocenters. The monoisotopic (exact) mass is 414 g/mol. The van der Waals surface area contributed by atoms with Crippen LogP contribution in [0.15, 0.2) is 40.7 Å². The predicted octanol–water partition coefficient (Wildman–Crippen LogP) is 3.26. The number of aliphatic imine (C=N–C) groups is 1. The molecule has 1 aromatic heterocycles. The highest BCUT2D eigenvalue weighted by molar-refractivity contribution is 14.0. The normalized spacial score (nSPS) is 14.4. The molecule has 6 heteroatoms. The van der Waals surface area contributed by atoms with Crippen molar-refractivity contribution in [2.75, 3.05) is 7.05 Å². The van der Waals surface area contributed by atoms with Crippen LogP contribution in [-0.2, 0) is 6.54 Å². The zero-order chi connectivity index (χ0) is 13.8. The zero-order valence-electron chi connectivity index (χ0n) is 11.9. The van der Waals surface area contributed by atoms with Gasteiger partial charge in [0.1, 0.15) is 5.01 Å². The van der Waals surface area contributed by atoms with E-state index in [-0.39, 0.29) is 24.0 Å². The standard InChI is InChI=1S/C15H18N4S.HI/c1-16-15(18-12-7-8-12)17-9-14-19-13(10-20-14)11-5-3-2-4-6-11;/h2-6,10,12H,7-9H2,1H3,(H2,16,17,18);1H. The number of thiazole rings is 1. The van der Waals surface area contributed by atoms with E-state index >= 15 is 0 Å². The smallest absolute Gasteiger partial charge is 0.191 e. The summed E-state index contributed by atoms with van der Waals surface area (Å²) in [6, 6.07) is 10.9. The van der Waals surface area contributed by atoms with E-state index in [9.17, 15) is 0 Å². The summed E-state index contributed by atoms with van der Waals surface area (Å²) in [6.07, 6.45) is 2.49. The molecule has 0 unspecified atom stereocenters. The van der Waals surface area contributed by atoms with Crippen molar-refractivity contribution in [3.8, 4) is 11.3 Å². The largest absolute Gasteiger partial charge is 0.354 e. The Morgan fingerprint density at radius 2 is 2.10 bits per heavy atom. The van der Waals surface area contributed by atoms with Crippen LogP contribution in [0.1, 0.15) is 17.8 Å². The van der Waals surface area contributed by atoms with E-state index in [0.29, 0.717) is 12.6 Å². The maximum absolute atomic E-state index is 4.65. The number of rotatable bonds is 4. The van der Waals surface area contributed by atoms with Gasteiger partial charge in [-0.05, 0) is 12.8 Å². The summed E-state index contributed by atoms with van der Waals surface area (Å²) >= 11 is 1.67.